The standard InChI is InChI=1S/C8H18.ClO/c1-7(2)6-8(3,4)5;1-2/h7H,6H2,1-5H3;/q;-1. The van der Waals surface area contributed by atoms with Gasteiger partial charge in [0.25, 0.3) is 0 Å². The first-order valence-corrected chi connectivity index (χ1v) is 3.88. The van der Waals surface area contributed by atoms with Gasteiger partial charge < -0.3 is 4.66 Å². The quantitative estimate of drug-likeness (QED) is 0.586. The van der Waals surface area contributed by atoms with Crippen LogP contribution in [0.5, 0.6) is 0 Å². The molecule has 0 atom stereocenters. The zero-order valence-electron chi connectivity index (χ0n) is 7.57. The number of hydrogen-bond acceptors (Lipinski definition) is 1. The Kier molecular flexibility index (Phi) is 7.72. The fourth-order valence-corrected chi connectivity index (χ4v) is 1.22. The lowest BCUT2D eigenvalue weighted by atomic mass is 9.86. The SMILES string of the molecule is CC(C)CC(C)(C)C.[O-]Cl. The Hall–Kier alpha value is 0.250. The lowest BCUT2D eigenvalue weighted by Crippen LogP contribution is -2.08. The Balaban J connectivity index is 0. The van der Waals surface area contributed by atoms with E-state index < -0.39 is 0 Å². The lowest BCUT2D eigenvalue weighted by molar-refractivity contribution is -0.166. The zero-order chi connectivity index (χ0) is 8.78. The Morgan fingerprint density at radius 3 is 1.50 bits per heavy atom. The van der Waals surface area contributed by atoms with Gasteiger partial charge in [-0.1, -0.05) is 34.6 Å². The van der Waals surface area contributed by atoms with Crippen LogP contribution in [0.15, 0.2) is 0 Å². The van der Waals surface area contributed by atoms with E-state index in [-0.39, 0.29) is 0 Å². The third-order valence-corrected chi connectivity index (χ3v) is 1.02. The smallest absolute Gasteiger partial charge is 0.0380 e. The van der Waals surface area contributed by atoms with E-state index in [9.17, 15) is 0 Å². The molecule has 0 aliphatic rings. The van der Waals surface area contributed by atoms with Gasteiger partial charge in [0.05, 0.1) is 0 Å². The predicted octanol–water partition coefficient (Wildman–Crippen LogP) is 2.58. The van der Waals surface area contributed by atoms with E-state index in [0.29, 0.717) is 5.41 Å². The maximum Gasteiger partial charge on any atom is -0.0380 e. The second-order valence-corrected chi connectivity index (χ2v) is 4.16. The van der Waals surface area contributed by atoms with Gasteiger partial charge in [-0.3, -0.25) is 0 Å². The maximum absolute atomic E-state index is 7.72. The van der Waals surface area contributed by atoms with Crippen LogP contribution >= 0.6 is 11.9 Å². The molecule has 0 amide bonds. The summed E-state index contributed by atoms with van der Waals surface area (Å²) in [4.78, 5) is 0. The van der Waals surface area contributed by atoms with Crippen molar-refractivity contribution < 1.29 is 4.66 Å². The van der Waals surface area contributed by atoms with Gasteiger partial charge in [0.1, 0.15) is 0 Å². The van der Waals surface area contributed by atoms with Crippen molar-refractivity contribution >= 4 is 11.9 Å². The fraction of sp³-hybridized carbons (Fsp3) is 1.00. The Morgan fingerprint density at radius 1 is 1.20 bits per heavy atom. The first-order chi connectivity index (χ1) is 4.42. The molecule has 0 aliphatic carbocycles. The molecule has 0 fully saturated rings. The van der Waals surface area contributed by atoms with Crippen LogP contribution in [-0.4, -0.2) is 0 Å². The van der Waals surface area contributed by atoms with Crippen LogP contribution in [0.3, 0.4) is 0 Å². The van der Waals surface area contributed by atoms with Gasteiger partial charge in [-0.25, -0.2) is 11.9 Å². The van der Waals surface area contributed by atoms with Crippen LogP contribution in [0, 0.1) is 11.3 Å². The normalized spacial score (nSPS) is 10.8. The summed E-state index contributed by atoms with van der Waals surface area (Å²) in [5, 5.41) is 0. The molecule has 0 aromatic rings. The van der Waals surface area contributed by atoms with E-state index >= 15 is 0 Å². The molecule has 1 nitrogen and oxygen atoms in total. The van der Waals surface area contributed by atoms with Crippen LogP contribution in [0.1, 0.15) is 41.0 Å². The minimum absolute atomic E-state index is 0.522. The highest BCUT2D eigenvalue weighted by molar-refractivity contribution is 6.02. The molecule has 0 saturated heterocycles. The molecule has 0 aromatic carbocycles. The fourth-order valence-electron chi connectivity index (χ4n) is 1.22. The average molecular weight is 166 g/mol. The highest BCUT2D eigenvalue weighted by Gasteiger charge is 2.11. The molecule has 0 N–H and O–H groups in total. The lowest BCUT2D eigenvalue weighted by Gasteiger charge is -2.19. The Morgan fingerprint density at radius 2 is 1.50 bits per heavy atom. The molecule has 0 heterocycles. The summed E-state index contributed by atoms with van der Waals surface area (Å²) < 4.78 is 7.72. The average Bonchev–Trinajstić information content (AvgIpc) is 1.64. The van der Waals surface area contributed by atoms with Gasteiger partial charge in [-0.05, 0) is 17.8 Å². The minimum Gasteiger partial charge on any atom is -0.769 e. The monoisotopic (exact) mass is 165 g/mol. The van der Waals surface area contributed by atoms with Gasteiger partial charge in [0, 0.05) is 0 Å². The highest BCUT2D eigenvalue weighted by Crippen LogP contribution is 2.23. The number of hydrogen-bond donors (Lipinski definition) is 0. The van der Waals surface area contributed by atoms with Crippen molar-refractivity contribution in [2.75, 3.05) is 0 Å². The molecular formula is C8H18ClO-. The summed E-state index contributed by atoms with van der Waals surface area (Å²) in [6.07, 6.45) is 1.33. The van der Waals surface area contributed by atoms with Gasteiger partial charge in [0.2, 0.25) is 0 Å². The molecule has 0 aromatic heterocycles. The summed E-state index contributed by atoms with van der Waals surface area (Å²) in [7, 11) is 0. The van der Waals surface area contributed by atoms with Crippen LogP contribution in [0.4, 0.5) is 0 Å². The van der Waals surface area contributed by atoms with Crippen LogP contribution in [0.25, 0.3) is 0 Å². The van der Waals surface area contributed by atoms with E-state index in [1.807, 2.05) is 0 Å². The largest absolute Gasteiger partial charge is 0.769 e. The van der Waals surface area contributed by atoms with Crippen LogP contribution < -0.4 is 4.66 Å². The summed E-state index contributed by atoms with van der Waals surface area (Å²) >= 11 is 3.39. The van der Waals surface area contributed by atoms with Crippen molar-refractivity contribution in [1.29, 1.82) is 0 Å². The molecule has 0 unspecified atom stereocenters. The third kappa shape index (κ3) is 15.7. The second kappa shape index (κ2) is 5.99. The molecule has 0 aliphatic heterocycles. The zero-order valence-corrected chi connectivity index (χ0v) is 8.33. The van der Waals surface area contributed by atoms with Crippen LogP contribution in [0.2, 0.25) is 0 Å². The molecule has 64 valence electrons. The first-order valence-electron chi connectivity index (χ1n) is 3.57. The minimum atomic E-state index is 0.522. The van der Waals surface area contributed by atoms with Crippen molar-refractivity contribution in [2.45, 2.75) is 41.0 Å². The predicted molar refractivity (Wildman–Crippen MR) is 44.8 cm³/mol. The molecule has 2 heteroatoms. The van der Waals surface area contributed by atoms with Crippen molar-refractivity contribution in [3.05, 3.63) is 0 Å². The van der Waals surface area contributed by atoms with Crippen molar-refractivity contribution in [1.82, 2.24) is 0 Å². The van der Waals surface area contributed by atoms with Gasteiger partial charge in [-0.15, -0.1) is 0 Å². The molecule has 0 radical (unpaired) electrons. The molecule has 10 heavy (non-hydrogen) atoms. The molecular weight excluding hydrogens is 148 g/mol. The Labute approximate surface area is 69.6 Å². The first kappa shape index (κ1) is 12.9. The topological polar surface area (TPSA) is 23.1 Å². The molecule has 0 saturated carbocycles. The van der Waals surface area contributed by atoms with Crippen molar-refractivity contribution in [3.8, 4) is 0 Å². The van der Waals surface area contributed by atoms with E-state index in [0.717, 1.165) is 5.92 Å². The highest BCUT2D eigenvalue weighted by atomic mass is 35.5. The molecule has 0 spiro atoms. The second-order valence-electron chi connectivity index (χ2n) is 4.16. The molecule has 0 rings (SSSR count). The van der Waals surface area contributed by atoms with Gasteiger partial charge in [-0.2, -0.15) is 0 Å². The van der Waals surface area contributed by atoms with Crippen molar-refractivity contribution in [3.63, 3.8) is 0 Å². The summed E-state index contributed by atoms with van der Waals surface area (Å²) in [5.41, 5.74) is 0.522. The van der Waals surface area contributed by atoms with Gasteiger partial charge >= 0.3 is 0 Å². The third-order valence-electron chi connectivity index (χ3n) is 1.02. The van der Waals surface area contributed by atoms with Gasteiger partial charge in [0.15, 0.2) is 0 Å². The summed E-state index contributed by atoms with van der Waals surface area (Å²) in [6, 6.07) is 0. The van der Waals surface area contributed by atoms with Crippen molar-refractivity contribution in [2.24, 2.45) is 11.3 Å². The number of rotatable bonds is 1. The summed E-state index contributed by atoms with van der Waals surface area (Å²) in [5.74, 6) is 0.843. The molecule has 0 bridgehead atoms. The Bertz CT molecular complexity index is 64.1. The summed E-state index contributed by atoms with van der Waals surface area (Å²) in [6.45, 7) is 11.4. The van der Waals surface area contributed by atoms with E-state index in [4.69, 9.17) is 4.66 Å². The number of halogens is 1. The van der Waals surface area contributed by atoms with E-state index in [1.165, 1.54) is 6.42 Å². The van der Waals surface area contributed by atoms with E-state index in [1.54, 1.807) is 0 Å². The van der Waals surface area contributed by atoms with Crippen LogP contribution in [-0.2, 0) is 0 Å². The maximum atomic E-state index is 7.72. The van der Waals surface area contributed by atoms with E-state index in [2.05, 4.69) is 46.5 Å².